The van der Waals surface area contributed by atoms with Crippen LogP contribution in [0.4, 0.5) is 16.2 Å². The fraction of sp³-hybridized carbons (Fsp3) is 0.188. The quantitative estimate of drug-likeness (QED) is 0.763. The van der Waals surface area contributed by atoms with Gasteiger partial charge in [0, 0.05) is 23.5 Å². The molecule has 2 amide bonds. The molecule has 21 heavy (non-hydrogen) atoms. The molecular formula is C16H19N3O2. The molecular weight excluding hydrogens is 266 g/mol. The third-order valence-electron chi connectivity index (χ3n) is 2.89. The minimum atomic E-state index is -0.575. The smallest absolute Gasteiger partial charge is 0.316 e. The van der Waals surface area contributed by atoms with Crippen molar-refractivity contribution in [2.45, 2.75) is 13.5 Å². The monoisotopic (exact) mass is 285 g/mol. The van der Waals surface area contributed by atoms with Gasteiger partial charge in [0.05, 0.1) is 6.61 Å². The number of para-hydroxylation sites is 1. The molecule has 0 atom stereocenters. The molecule has 0 spiro atoms. The molecule has 5 heteroatoms. The number of carbonyl (C=O) groups excluding carboxylic acids is 1. The Kier molecular flexibility index (Phi) is 5.04. The van der Waals surface area contributed by atoms with Crippen molar-refractivity contribution >= 4 is 17.4 Å². The molecule has 0 aliphatic heterocycles. The molecule has 0 fully saturated rings. The first-order chi connectivity index (χ1) is 10.2. The molecule has 0 heterocycles. The number of urea groups is 1. The van der Waals surface area contributed by atoms with E-state index in [9.17, 15) is 4.79 Å². The largest absolute Gasteiger partial charge is 0.494 e. The Balaban J connectivity index is 2.04. The van der Waals surface area contributed by atoms with E-state index in [0.29, 0.717) is 18.8 Å². The van der Waals surface area contributed by atoms with Gasteiger partial charge in [-0.3, -0.25) is 0 Å². The summed E-state index contributed by atoms with van der Waals surface area (Å²) in [4.78, 5) is 10.9. The van der Waals surface area contributed by atoms with Crippen molar-refractivity contribution in [2.24, 2.45) is 5.73 Å². The zero-order valence-electron chi connectivity index (χ0n) is 11.9. The van der Waals surface area contributed by atoms with E-state index >= 15 is 0 Å². The zero-order chi connectivity index (χ0) is 15.1. The van der Waals surface area contributed by atoms with Gasteiger partial charge in [0.1, 0.15) is 5.75 Å². The Morgan fingerprint density at radius 2 is 1.90 bits per heavy atom. The minimum absolute atomic E-state index is 0.575. The van der Waals surface area contributed by atoms with Crippen molar-refractivity contribution in [3.8, 4) is 5.75 Å². The Morgan fingerprint density at radius 1 is 1.14 bits per heavy atom. The van der Waals surface area contributed by atoms with Crippen LogP contribution in [0.15, 0.2) is 48.5 Å². The molecule has 0 bridgehead atoms. The highest BCUT2D eigenvalue weighted by Crippen LogP contribution is 2.21. The van der Waals surface area contributed by atoms with Crippen LogP contribution in [0.1, 0.15) is 12.5 Å². The minimum Gasteiger partial charge on any atom is -0.494 e. The first-order valence-electron chi connectivity index (χ1n) is 6.80. The van der Waals surface area contributed by atoms with E-state index in [0.717, 1.165) is 17.0 Å². The SMILES string of the molecule is CCOc1ccccc1CNc1cccc(NC(N)=O)c1. The van der Waals surface area contributed by atoms with Crippen LogP contribution in [-0.4, -0.2) is 12.6 Å². The van der Waals surface area contributed by atoms with Gasteiger partial charge in [0.15, 0.2) is 0 Å². The fourth-order valence-electron chi connectivity index (χ4n) is 1.99. The second-order valence-corrected chi connectivity index (χ2v) is 4.46. The summed E-state index contributed by atoms with van der Waals surface area (Å²) in [6.45, 7) is 3.23. The van der Waals surface area contributed by atoms with Gasteiger partial charge in [-0.2, -0.15) is 0 Å². The van der Waals surface area contributed by atoms with E-state index in [4.69, 9.17) is 10.5 Å². The van der Waals surface area contributed by atoms with E-state index in [1.807, 2.05) is 49.4 Å². The number of nitrogens with one attached hydrogen (secondary N) is 2. The van der Waals surface area contributed by atoms with Crippen molar-refractivity contribution in [3.05, 3.63) is 54.1 Å². The molecule has 0 aliphatic rings. The summed E-state index contributed by atoms with van der Waals surface area (Å²) >= 11 is 0. The lowest BCUT2D eigenvalue weighted by atomic mass is 10.2. The highest BCUT2D eigenvalue weighted by Gasteiger charge is 2.03. The molecule has 0 aromatic heterocycles. The van der Waals surface area contributed by atoms with E-state index in [-0.39, 0.29) is 0 Å². The lowest BCUT2D eigenvalue weighted by Gasteiger charge is -2.12. The van der Waals surface area contributed by atoms with Crippen molar-refractivity contribution in [2.75, 3.05) is 17.2 Å². The van der Waals surface area contributed by atoms with E-state index in [2.05, 4.69) is 10.6 Å². The molecule has 0 saturated carbocycles. The van der Waals surface area contributed by atoms with Crippen LogP contribution in [-0.2, 0) is 6.54 Å². The topological polar surface area (TPSA) is 76.4 Å². The number of carbonyl (C=O) groups is 1. The number of hydrogen-bond acceptors (Lipinski definition) is 3. The van der Waals surface area contributed by atoms with Crippen molar-refractivity contribution in [1.29, 1.82) is 0 Å². The standard InChI is InChI=1S/C16H19N3O2/c1-2-21-15-9-4-3-6-12(15)11-18-13-7-5-8-14(10-13)19-16(17)20/h3-10,18H,2,11H2,1H3,(H3,17,19,20). The molecule has 110 valence electrons. The molecule has 0 unspecified atom stereocenters. The van der Waals surface area contributed by atoms with E-state index in [1.54, 1.807) is 6.07 Å². The molecule has 2 rings (SSSR count). The summed E-state index contributed by atoms with van der Waals surface area (Å²) < 4.78 is 5.59. The number of nitrogens with two attached hydrogens (primary N) is 1. The van der Waals surface area contributed by atoms with Crippen molar-refractivity contribution in [3.63, 3.8) is 0 Å². The van der Waals surface area contributed by atoms with Gasteiger partial charge in [-0.05, 0) is 31.2 Å². The van der Waals surface area contributed by atoms with Crippen LogP contribution in [0.2, 0.25) is 0 Å². The van der Waals surface area contributed by atoms with Crippen LogP contribution in [0.25, 0.3) is 0 Å². The molecule has 2 aromatic carbocycles. The second kappa shape index (κ2) is 7.19. The number of hydrogen-bond donors (Lipinski definition) is 3. The number of anilines is 2. The van der Waals surface area contributed by atoms with Crippen molar-refractivity contribution in [1.82, 2.24) is 0 Å². The second-order valence-electron chi connectivity index (χ2n) is 4.46. The van der Waals surface area contributed by atoms with Crippen LogP contribution in [0, 0.1) is 0 Å². The van der Waals surface area contributed by atoms with Crippen molar-refractivity contribution < 1.29 is 9.53 Å². The van der Waals surface area contributed by atoms with Crippen LogP contribution < -0.4 is 21.1 Å². The van der Waals surface area contributed by atoms with Gasteiger partial charge in [-0.15, -0.1) is 0 Å². The Bertz CT molecular complexity index is 614. The summed E-state index contributed by atoms with van der Waals surface area (Å²) in [7, 11) is 0. The Morgan fingerprint density at radius 3 is 2.67 bits per heavy atom. The number of ether oxygens (including phenoxy) is 1. The molecule has 0 radical (unpaired) electrons. The first kappa shape index (κ1) is 14.7. The third-order valence-corrected chi connectivity index (χ3v) is 2.89. The van der Waals surface area contributed by atoms with Gasteiger partial charge in [-0.1, -0.05) is 24.3 Å². The van der Waals surface area contributed by atoms with Gasteiger partial charge in [0.2, 0.25) is 0 Å². The maximum atomic E-state index is 10.9. The van der Waals surface area contributed by atoms with Gasteiger partial charge >= 0.3 is 6.03 Å². The fourth-order valence-corrected chi connectivity index (χ4v) is 1.99. The maximum absolute atomic E-state index is 10.9. The molecule has 2 aromatic rings. The highest BCUT2D eigenvalue weighted by molar-refractivity contribution is 5.88. The summed E-state index contributed by atoms with van der Waals surface area (Å²) in [5.41, 5.74) is 7.74. The normalized spacial score (nSPS) is 9.95. The first-order valence-corrected chi connectivity index (χ1v) is 6.80. The predicted molar refractivity (Wildman–Crippen MR) is 84.6 cm³/mol. The summed E-state index contributed by atoms with van der Waals surface area (Å²) in [6, 6.07) is 14.7. The Hall–Kier alpha value is -2.69. The number of primary amides is 1. The Labute approximate surface area is 124 Å². The number of rotatable bonds is 6. The molecule has 0 aliphatic carbocycles. The third kappa shape index (κ3) is 4.42. The van der Waals surface area contributed by atoms with E-state index in [1.165, 1.54) is 0 Å². The maximum Gasteiger partial charge on any atom is 0.316 e. The van der Waals surface area contributed by atoms with Gasteiger partial charge < -0.3 is 21.1 Å². The van der Waals surface area contributed by atoms with Crippen LogP contribution >= 0.6 is 0 Å². The van der Waals surface area contributed by atoms with Crippen LogP contribution in [0.3, 0.4) is 0 Å². The van der Waals surface area contributed by atoms with Gasteiger partial charge in [-0.25, -0.2) is 4.79 Å². The average Bonchev–Trinajstić information content (AvgIpc) is 2.46. The average molecular weight is 285 g/mol. The number of amides is 2. The zero-order valence-corrected chi connectivity index (χ0v) is 11.9. The molecule has 0 saturated heterocycles. The van der Waals surface area contributed by atoms with Crippen LogP contribution in [0.5, 0.6) is 5.75 Å². The van der Waals surface area contributed by atoms with Gasteiger partial charge in [0.25, 0.3) is 0 Å². The highest BCUT2D eigenvalue weighted by atomic mass is 16.5. The lowest BCUT2D eigenvalue weighted by molar-refractivity contribution is 0.259. The molecule has 5 nitrogen and oxygen atoms in total. The summed E-state index contributed by atoms with van der Waals surface area (Å²) in [6.07, 6.45) is 0. The van der Waals surface area contributed by atoms with E-state index < -0.39 is 6.03 Å². The predicted octanol–water partition coefficient (Wildman–Crippen LogP) is 3.19. The lowest BCUT2D eigenvalue weighted by Crippen LogP contribution is -2.19. The summed E-state index contributed by atoms with van der Waals surface area (Å²) in [5, 5.41) is 5.85. The molecule has 4 N–H and O–H groups in total. The number of benzene rings is 2. The summed E-state index contributed by atoms with van der Waals surface area (Å²) in [5.74, 6) is 0.874.